The van der Waals surface area contributed by atoms with Crippen molar-refractivity contribution in [3.8, 4) is 0 Å². The molecule has 4 N–H and O–H groups in total. The van der Waals surface area contributed by atoms with Crippen LogP contribution in [-0.4, -0.2) is 146 Å². The number of Topliss-reactive ketones (excluding diaryl/α,β-unsaturated/α-hetero) is 2. The fourth-order valence-corrected chi connectivity index (χ4v) is 9.99. The van der Waals surface area contributed by atoms with Gasteiger partial charge in [0.25, 0.3) is 0 Å². The van der Waals surface area contributed by atoms with Crippen molar-refractivity contribution < 1.29 is 95.7 Å². The number of nitrogens with zero attached hydrogens (tertiary/aromatic N) is 11. The molecular formula is C61H63F12N15O9. The van der Waals surface area contributed by atoms with E-state index in [1.807, 2.05) is 4.57 Å². The standard InChI is InChI=1S/2C18H17F5N4O2.C16H16F2N4O3.C9H13N3O2/c2*1-10(18(21,22)23)6-15(28)16-14-8-26(4-5-27(14)9-24-16)17(29)25-11-2-3-12(19)13(20)7-11;1-2-25-15(23)14-13-8-21(5-6-22(13)9-19-14)16(24)20-10-3-4-11(17)12(18)7-10;1-2-14-9(13)8-7-5-10-3-4-12(7)6-11-8/h2*2-3,7,9-10H,4-6,8H2,1H3,(H,25,29);3-4,7,9H,2,5-6,8H2,1H3,(H,20,24);6,10H,2-5H2,1H3/t2*10-;;/m00../s1. The molecule has 0 aliphatic carbocycles. The highest BCUT2D eigenvalue weighted by Gasteiger charge is 2.40. The lowest BCUT2D eigenvalue weighted by molar-refractivity contribution is -0.169. The zero-order valence-corrected chi connectivity index (χ0v) is 52.1. The Labute approximate surface area is 543 Å². The van der Waals surface area contributed by atoms with Crippen LogP contribution in [0, 0.1) is 46.7 Å². The zero-order chi connectivity index (χ0) is 70.6. The van der Waals surface area contributed by atoms with E-state index < -0.39 is 108 Å². The van der Waals surface area contributed by atoms with Crippen LogP contribution in [0.1, 0.15) is 105 Å². The monoisotopic (exact) mass is 1380 g/mol. The van der Waals surface area contributed by atoms with Crippen molar-refractivity contribution in [3.63, 3.8) is 0 Å². The Morgan fingerprint density at radius 1 is 0.454 bits per heavy atom. The van der Waals surface area contributed by atoms with Crippen molar-refractivity contribution in [1.29, 1.82) is 0 Å². The third kappa shape index (κ3) is 18.4. The topological polar surface area (TPSA) is 267 Å². The summed E-state index contributed by atoms with van der Waals surface area (Å²) in [6.07, 6.45) is -4.54. The molecule has 0 saturated carbocycles. The number of hydrogen-bond acceptors (Lipinski definition) is 14. The molecule has 97 heavy (non-hydrogen) atoms. The van der Waals surface area contributed by atoms with E-state index in [0.717, 1.165) is 69.0 Å². The fraction of sp³-hybridized carbons (Fsp3) is 0.393. The van der Waals surface area contributed by atoms with Crippen molar-refractivity contribution in [2.75, 3.05) is 55.3 Å². The van der Waals surface area contributed by atoms with Gasteiger partial charge in [0.05, 0.1) is 92.8 Å². The maximum Gasteiger partial charge on any atom is 0.391 e. The molecule has 0 radical (unpaired) electrons. The first-order valence-corrected chi connectivity index (χ1v) is 29.9. The van der Waals surface area contributed by atoms with Gasteiger partial charge in [-0.05, 0) is 50.2 Å². The predicted molar refractivity (Wildman–Crippen MR) is 318 cm³/mol. The molecule has 0 saturated heterocycles. The second-order valence-electron chi connectivity index (χ2n) is 22.1. The first-order valence-electron chi connectivity index (χ1n) is 29.9. The summed E-state index contributed by atoms with van der Waals surface area (Å²) in [7, 11) is 0. The number of aromatic nitrogens is 8. The van der Waals surface area contributed by atoms with E-state index in [1.54, 1.807) is 33.9 Å². The zero-order valence-electron chi connectivity index (χ0n) is 52.1. The Morgan fingerprint density at radius 3 is 1.08 bits per heavy atom. The Balaban J connectivity index is 0.000000170. The van der Waals surface area contributed by atoms with Crippen LogP contribution >= 0.6 is 0 Å². The van der Waals surface area contributed by atoms with Crippen LogP contribution in [0.3, 0.4) is 0 Å². The third-order valence-corrected chi connectivity index (χ3v) is 15.4. The molecule has 520 valence electrons. The van der Waals surface area contributed by atoms with Gasteiger partial charge in [0, 0.05) is 107 Å². The Kier molecular flexibility index (Phi) is 23.6. The van der Waals surface area contributed by atoms with Crippen molar-refractivity contribution in [3.05, 3.63) is 160 Å². The van der Waals surface area contributed by atoms with E-state index in [9.17, 15) is 86.2 Å². The van der Waals surface area contributed by atoms with E-state index in [-0.39, 0.29) is 92.5 Å². The van der Waals surface area contributed by atoms with Gasteiger partial charge in [-0.3, -0.25) is 9.59 Å². The molecule has 7 aromatic rings. The number of imidazole rings is 4. The van der Waals surface area contributed by atoms with Crippen LogP contribution in [0.25, 0.3) is 0 Å². The Hall–Kier alpha value is -10.3. The van der Waals surface area contributed by atoms with Crippen LogP contribution in [0.2, 0.25) is 0 Å². The second-order valence-corrected chi connectivity index (χ2v) is 22.1. The van der Waals surface area contributed by atoms with Gasteiger partial charge in [0.2, 0.25) is 0 Å². The highest BCUT2D eigenvalue weighted by atomic mass is 19.4. The van der Waals surface area contributed by atoms with Gasteiger partial charge in [-0.15, -0.1) is 0 Å². The van der Waals surface area contributed by atoms with Gasteiger partial charge in [0.1, 0.15) is 11.4 Å². The van der Waals surface area contributed by atoms with Gasteiger partial charge in [-0.1, -0.05) is 13.8 Å². The number of ketones is 2. The average Bonchev–Trinajstić information content (AvgIpc) is 1.70. The molecular weight excluding hydrogens is 1310 g/mol. The van der Waals surface area contributed by atoms with Gasteiger partial charge in [0.15, 0.2) is 57.9 Å². The number of fused-ring (bicyclic) bond motifs is 4. The second kappa shape index (κ2) is 31.5. The smallest absolute Gasteiger partial charge is 0.391 e. The number of amides is 6. The molecule has 3 aromatic carbocycles. The molecule has 4 aromatic heterocycles. The first-order chi connectivity index (χ1) is 45.9. The number of carbonyl (C=O) groups is 7. The first kappa shape index (κ1) is 72.5. The van der Waals surface area contributed by atoms with E-state index >= 15 is 0 Å². The number of benzene rings is 3. The molecule has 0 spiro atoms. The van der Waals surface area contributed by atoms with Gasteiger partial charge >= 0.3 is 42.4 Å². The van der Waals surface area contributed by atoms with E-state index in [4.69, 9.17) is 9.47 Å². The number of alkyl halides is 6. The summed E-state index contributed by atoms with van der Waals surface area (Å²) < 4.78 is 172. The molecule has 4 aliphatic heterocycles. The minimum Gasteiger partial charge on any atom is -0.461 e. The van der Waals surface area contributed by atoms with E-state index in [1.165, 1.54) is 51.9 Å². The van der Waals surface area contributed by atoms with Crippen molar-refractivity contribution in [2.45, 2.75) is 105 Å². The van der Waals surface area contributed by atoms with Crippen molar-refractivity contribution in [1.82, 2.24) is 58.2 Å². The van der Waals surface area contributed by atoms with Crippen LogP contribution in [-0.2, 0) is 61.8 Å². The summed E-state index contributed by atoms with van der Waals surface area (Å²) in [6.45, 7) is 10.4. The summed E-state index contributed by atoms with van der Waals surface area (Å²) in [6, 6.07) is 7.18. The van der Waals surface area contributed by atoms with Gasteiger partial charge in [-0.2, -0.15) is 26.3 Å². The number of hydrogen-bond donors (Lipinski definition) is 4. The third-order valence-electron chi connectivity index (χ3n) is 15.4. The Morgan fingerprint density at radius 2 is 0.763 bits per heavy atom. The molecule has 24 nitrogen and oxygen atoms in total. The minimum absolute atomic E-state index is 0.0447. The fourth-order valence-electron chi connectivity index (χ4n) is 9.99. The molecule has 0 fully saturated rings. The molecule has 4 aliphatic rings. The Bertz CT molecular complexity index is 3890. The largest absolute Gasteiger partial charge is 0.461 e. The summed E-state index contributed by atoms with van der Waals surface area (Å²) in [5, 5.41) is 10.5. The molecule has 0 bridgehead atoms. The van der Waals surface area contributed by atoms with Crippen LogP contribution < -0.4 is 21.3 Å². The van der Waals surface area contributed by atoms with Crippen LogP contribution in [0.15, 0.2) is 79.9 Å². The van der Waals surface area contributed by atoms with Crippen LogP contribution in [0.5, 0.6) is 0 Å². The summed E-state index contributed by atoms with van der Waals surface area (Å²) in [4.78, 5) is 105. The molecule has 6 amide bonds. The molecule has 2 atom stereocenters. The van der Waals surface area contributed by atoms with Crippen molar-refractivity contribution >= 4 is 58.7 Å². The molecule has 36 heteroatoms. The summed E-state index contributed by atoms with van der Waals surface area (Å²) >= 11 is 0. The molecule has 0 unspecified atom stereocenters. The lowest BCUT2D eigenvalue weighted by atomic mass is 10.0. The maximum atomic E-state index is 13.3. The van der Waals surface area contributed by atoms with Gasteiger partial charge < -0.3 is 63.7 Å². The van der Waals surface area contributed by atoms with E-state index in [2.05, 4.69) is 41.2 Å². The predicted octanol–water partition coefficient (Wildman–Crippen LogP) is 10.5. The highest BCUT2D eigenvalue weighted by Crippen LogP contribution is 2.32. The minimum atomic E-state index is -4.49. The lowest BCUT2D eigenvalue weighted by Crippen LogP contribution is -2.41. The van der Waals surface area contributed by atoms with Gasteiger partial charge in [-0.25, -0.2) is 70.3 Å². The quantitative estimate of drug-likeness (QED) is 0.0475. The number of carbonyl (C=O) groups excluding carboxylic acids is 7. The lowest BCUT2D eigenvalue weighted by Gasteiger charge is -2.29. The van der Waals surface area contributed by atoms with Crippen molar-refractivity contribution in [2.24, 2.45) is 11.8 Å². The molecule has 11 rings (SSSR count). The average molecular weight is 1380 g/mol. The number of urea groups is 3. The normalized spacial score (nSPS) is 14.6. The number of halogens is 12. The highest BCUT2D eigenvalue weighted by molar-refractivity contribution is 5.97. The summed E-state index contributed by atoms with van der Waals surface area (Å²) in [5.74, 6) is -12.4. The number of rotatable bonds is 13. The number of esters is 2. The number of nitrogens with one attached hydrogen (secondary N) is 4. The number of anilines is 3. The summed E-state index contributed by atoms with van der Waals surface area (Å²) in [5.41, 5.74) is 2.80. The SMILES string of the molecule is CCOC(=O)c1ncn2c1CN(C(=O)Nc1ccc(F)c(F)c1)CC2.CCOC(=O)c1ncn2c1CNCC2.C[C@@H](CC(=O)c1ncn2c1CN(C(=O)Nc1ccc(F)c(F)c1)CC2)C(F)(F)F.C[C@@H](CC(=O)c1ncn2c1CN(C(=O)Nc1ccc(F)c(F)c1)CC2)C(F)(F)F. The number of ether oxygens (including phenoxy) is 2. The maximum absolute atomic E-state index is 13.3. The molecule has 8 heterocycles. The van der Waals surface area contributed by atoms with E-state index in [0.29, 0.717) is 49.0 Å². The van der Waals surface area contributed by atoms with Crippen LogP contribution in [0.4, 0.5) is 84.1 Å².